The minimum atomic E-state index is 0.132. The van der Waals surface area contributed by atoms with Gasteiger partial charge in [-0.25, -0.2) is 4.98 Å². The molecule has 2 aliphatic rings. The third-order valence-electron chi connectivity index (χ3n) is 5.92. The quantitative estimate of drug-likeness (QED) is 0.828. The Bertz CT molecular complexity index is 797. The molecule has 1 aliphatic carbocycles. The zero-order valence-electron chi connectivity index (χ0n) is 16.1. The molecule has 1 aliphatic heterocycles. The zero-order chi connectivity index (χ0) is 18.8. The van der Waals surface area contributed by atoms with E-state index in [1.807, 2.05) is 17.0 Å². The van der Waals surface area contributed by atoms with Crippen molar-refractivity contribution in [1.29, 1.82) is 0 Å². The molecule has 0 spiro atoms. The maximum absolute atomic E-state index is 11.5. The first-order valence-corrected chi connectivity index (χ1v) is 9.92. The minimum absolute atomic E-state index is 0.132. The maximum atomic E-state index is 11.5. The lowest BCUT2D eigenvalue weighted by Crippen LogP contribution is -2.48. The summed E-state index contributed by atoms with van der Waals surface area (Å²) in [5.41, 5.74) is 0.924. The van der Waals surface area contributed by atoms with E-state index in [2.05, 4.69) is 22.0 Å². The van der Waals surface area contributed by atoms with E-state index < -0.39 is 0 Å². The number of hydrogen-bond acceptors (Lipinski definition) is 6. The molecule has 2 fully saturated rings. The first kappa shape index (κ1) is 17.9. The summed E-state index contributed by atoms with van der Waals surface area (Å²) in [5, 5.41) is 4.23. The average Bonchev–Trinajstić information content (AvgIpc) is 3.18. The molecule has 1 amide bonds. The number of hydrogen-bond donors (Lipinski definition) is 0. The van der Waals surface area contributed by atoms with E-state index in [1.54, 1.807) is 13.1 Å². The predicted octanol–water partition coefficient (Wildman–Crippen LogP) is 3.09. The van der Waals surface area contributed by atoms with Crippen molar-refractivity contribution in [2.24, 2.45) is 5.92 Å². The van der Waals surface area contributed by atoms with Gasteiger partial charge >= 0.3 is 0 Å². The topological polar surface area (TPSA) is 75.4 Å². The highest BCUT2D eigenvalue weighted by Crippen LogP contribution is 2.37. The molecule has 144 valence electrons. The van der Waals surface area contributed by atoms with E-state index in [9.17, 15) is 4.79 Å². The van der Waals surface area contributed by atoms with Crippen molar-refractivity contribution in [1.82, 2.24) is 20.0 Å². The van der Waals surface area contributed by atoms with Crippen LogP contribution in [0.2, 0.25) is 0 Å². The Kier molecular flexibility index (Phi) is 5.09. The zero-order valence-corrected chi connectivity index (χ0v) is 16.1. The minimum Gasteiger partial charge on any atom is -0.353 e. The number of amides is 1. The number of piperazine rings is 1. The van der Waals surface area contributed by atoms with Crippen LogP contribution in [0.25, 0.3) is 11.4 Å². The molecule has 2 unspecified atom stereocenters. The van der Waals surface area contributed by atoms with Crippen LogP contribution in [0.4, 0.5) is 5.82 Å². The molecule has 2 atom stereocenters. The number of aromatic nitrogens is 3. The largest absolute Gasteiger partial charge is 0.353 e. The van der Waals surface area contributed by atoms with E-state index in [0.29, 0.717) is 17.7 Å². The second kappa shape index (κ2) is 7.66. The lowest BCUT2D eigenvalue weighted by atomic mass is 9.80. The van der Waals surface area contributed by atoms with Crippen LogP contribution in [0.3, 0.4) is 0 Å². The van der Waals surface area contributed by atoms with E-state index >= 15 is 0 Å². The predicted molar refractivity (Wildman–Crippen MR) is 102 cm³/mol. The molecule has 3 heterocycles. The molecule has 1 saturated carbocycles. The molecule has 0 N–H and O–H groups in total. The number of rotatable bonds is 3. The molecule has 7 nitrogen and oxygen atoms in total. The maximum Gasteiger partial charge on any atom is 0.230 e. The highest BCUT2D eigenvalue weighted by atomic mass is 16.5. The van der Waals surface area contributed by atoms with Gasteiger partial charge < -0.3 is 14.3 Å². The Morgan fingerprint density at radius 3 is 2.70 bits per heavy atom. The molecule has 27 heavy (non-hydrogen) atoms. The fraction of sp³-hybridized carbons (Fsp3) is 0.600. The standard InChI is InChI=1S/C20H27N5O2/c1-14-5-3-4-6-17(14)20-22-19(23-27-20)16-7-8-21-18(13-16)25-11-9-24(10-12-25)15(2)26/h7-8,13-14,17H,3-6,9-12H2,1-2H3. The molecule has 2 aromatic heterocycles. The summed E-state index contributed by atoms with van der Waals surface area (Å²) in [7, 11) is 0. The summed E-state index contributed by atoms with van der Waals surface area (Å²) in [6.45, 7) is 6.93. The summed E-state index contributed by atoms with van der Waals surface area (Å²) in [4.78, 5) is 24.8. The number of carbonyl (C=O) groups excluding carboxylic acids is 1. The smallest absolute Gasteiger partial charge is 0.230 e. The van der Waals surface area contributed by atoms with E-state index in [0.717, 1.165) is 49.9 Å². The van der Waals surface area contributed by atoms with Gasteiger partial charge in [-0.1, -0.05) is 24.9 Å². The van der Waals surface area contributed by atoms with Crippen molar-refractivity contribution >= 4 is 11.7 Å². The normalized spacial score (nSPS) is 23.5. The van der Waals surface area contributed by atoms with E-state index in [4.69, 9.17) is 9.51 Å². The number of anilines is 1. The fourth-order valence-corrected chi connectivity index (χ4v) is 4.17. The summed E-state index contributed by atoms with van der Waals surface area (Å²) in [6, 6.07) is 3.94. The summed E-state index contributed by atoms with van der Waals surface area (Å²) < 4.78 is 5.62. The molecular weight excluding hydrogens is 342 g/mol. The third-order valence-corrected chi connectivity index (χ3v) is 5.92. The summed E-state index contributed by atoms with van der Waals surface area (Å²) in [6.07, 6.45) is 6.68. The first-order chi connectivity index (χ1) is 13.1. The Labute approximate surface area is 159 Å². The lowest BCUT2D eigenvalue weighted by Gasteiger charge is -2.34. The van der Waals surface area contributed by atoms with Gasteiger partial charge in [0.2, 0.25) is 17.6 Å². The molecular formula is C20H27N5O2. The molecule has 0 bridgehead atoms. The van der Waals surface area contributed by atoms with Crippen molar-refractivity contribution in [2.45, 2.75) is 45.4 Å². The van der Waals surface area contributed by atoms with Gasteiger partial charge in [0.25, 0.3) is 0 Å². The van der Waals surface area contributed by atoms with E-state index in [1.165, 1.54) is 19.3 Å². The van der Waals surface area contributed by atoms with Crippen molar-refractivity contribution in [3.63, 3.8) is 0 Å². The highest BCUT2D eigenvalue weighted by molar-refractivity contribution is 5.73. The van der Waals surface area contributed by atoms with Crippen LogP contribution in [-0.4, -0.2) is 52.1 Å². The second-order valence-electron chi connectivity index (χ2n) is 7.72. The van der Waals surface area contributed by atoms with Crippen molar-refractivity contribution in [3.8, 4) is 11.4 Å². The number of nitrogens with zero attached hydrogens (tertiary/aromatic N) is 5. The van der Waals surface area contributed by atoms with Crippen LogP contribution >= 0.6 is 0 Å². The Morgan fingerprint density at radius 1 is 1.19 bits per heavy atom. The van der Waals surface area contributed by atoms with E-state index in [-0.39, 0.29) is 5.91 Å². The lowest BCUT2D eigenvalue weighted by molar-refractivity contribution is -0.129. The van der Waals surface area contributed by atoms with Gasteiger partial charge in [-0.3, -0.25) is 4.79 Å². The van der Waals surface area contributed by atoms with Gasteiger partial charge in [-0.2, -0.15) is 4.98 Å². The van der Waals surface area contributed by atoms with Crippen molar-refractivity contribution in [2.75, 3.05) is 31.1 Å². The number of carbonyl (C=O) groups is 1. The van der Waals surface area contributed by atoms with Crippen LogP contribution in [0.1, 0.15) is 51.3 Å². The summed E-state index contributed by atoms with van der Waals surface area (Å²) >= 11 is 0. The second-order valence-corrected chi connectivity index (χ2v) is 7.72. The molecule has 0 aromatic carbocycles. The van der Waals surface area contributed by atoms with Gasteiger partial charge in [-0.05, 0) is 30.9 Å². The van der Waals surface area contributed by atoms with Crippen LogP contribution in [0.5, 0.6) is 0 Å². The molecule has 7 heteroatoms. The molecule has 0 radical (unpaired) electrons. The first-order valence-electron chi connectivity index (χ1n) is 9.92. The van der Waals surface area contributed by atoms with Crippen LogP contribution in [0, 0.1) is 5.92 Å². The number of pyridine rings is 1. The molecule has 1 saturated heterocycles. The van der Waals surface area contributed by atoms with Crippen LogP contribution in [-0.2, 0) is 4.79 Å². The van der Waals surface area contributed by atoms with Gasteiger partial charge in [0.1, 0.15) is 5.82 Å². The van der Waals surface area contributed by atoms with Gasteiger partial charge in [0.05, 0.1) is 0 Å². The SMILES string of the molecule is CC(=O)N1CCN(c2cc(-c3noc(C4CCCCC4C)n3)ccn2)CC1. The molecule has 2 aromatic rings. The van der Waals surface area contributed by atoms with Crippen molar-refractivity contribution < 1.29 is 9.32 Å². The highest BCUT2D eigenvalue weighted by Gasteiger charge is 2.28. The fourth-order valence-electron chi connectivity index (χ4n) is 4.17. The molecule has 4 rings (SSSR count). The third kappa shape index (κ3) is 3.82. The van der Waals surface area contributed by atoms with Gasteiger partial charge in [0.15, 0.2) is 0 Å². The Morgan fingerprint density at radius 2 is 1.96 bits per heavy atom. The van der Waals surface area contributed by atoms with Crippen LogP contribution in [0.15, 0.2) is 22.9 Å². The Balaban J connectivity index is 1.49. The van der Waals surface area contributed by atoms with Crippen molar-refractivity contribution in [3.05, 3.63) is 24.2 Å². The Hall–Kier alpha value is -2.44. The van der Waals surface area contributed by atoms with Crippen LogP contribution < -0.4 is 4.90 Å². The van der Waals surface area contributed by atoms with Gasteiger partial charge in [0, 0.05) is 50.8 Å². The average molecular weight is 369 g/mol. The van der Waals surface area contributed by atoms with Gasteiger partial charge in [-0.15, -0.1) is 0 Å². The summed E-state index contributed by atoms with van der Waals surface area (Å²) in [5.74, 6) is 3.40. The monoisotopic (exact) mass is 369 g/mol.